The molecule has 1 atom stereocenters. The fourth-order valence-corrected chi connectivity index (χ4v) is 2.66. The molecule has 1 heterocycles. The van der Waals surface area contributed by atoms with Crippen molar-refractivity contribution in [2.45, 2.75) is 25.5 Å². The summed E-state index contributed by atoms with van der Waals surface area (Å²) in [7, 11) is 0. The van der Waals surface area contributed by atoms with Gasteiger partial charge in [0.25, 0.3) is 0 Å². The number of nitrogens with zero attached hydrogens (tertiary/aromatic N) is 2. The number of rotatable bonds is 7. The lowest BCUT2D eigenvalue weighted by molar-refractivity contribution is -0.118. The Morgan fingerprint density at radius 3 is 2.44 bits per heavy atom. The summed E-state index contributed by atoms with van der Waals surface area (Å²) < 4.78 is 1.76. The molecule has 1 amide bonds. The minimum Gasteiger partial charge on any atom is -0.388 e. The minimum atomic E-state index is -0.818. The Bertz CT molecular complexity index is 800. The number of amides is 1. The van der Waals surface area contributed by atoms with Gasteiger partial charge in [-0.1, -0.05) is 60.7 Å². The van der Waals surface area contributed by atoms with E-state index in [1.807, 2.05) is 48.5 Å². The lowest BCUT2D eigenvalue weighted by Gasteiger charge is -2.12. The van der Waals surface area contributed by atoms with Crippen LogP contribution in [0.15, 0.2) is 72.9 Å². The maximum atomic E-state index is 12.2. The molecular weight excluding hydrogens is 314 g/mol. The molecule has 3 aromatic rings. The number of hydrogen-bond donors (Lipinski definition) is 2. The van der Waals surface area contributed by atoms with Gasteiger partial charge in [0.05, 0.1) is 18.7 Å². The Labute approximate surface area is 146 Å². The largest absolute Gasteiger partial charge is 0.388 e. The van der Waals surface area contributed by atoms with Crippen molar-refractivity contribution in [1.29, 1.82) is 0 Å². The van der Waals surface area contributed by atoms with Gasteiger partial charge in [0.2, 0.25) is 5.91 Å². The smallest absolute Gasteiger partial charge is 0.228 e. The number of benzene rings is 2. The lowest BCUT2D eigenvalue weighted by atomic mass is 10.1. The van der Waals surface area contributed by atoms with Crippen molar-refractivity contribution in [2.24, 2.45) is 0 Å². The van der Waals surface area contributed by atoms with Crippen LogP contribution in [0, 0.1) is 0 Å². The van der Waals surface area contributed by atoms with E-state index in [1.165, 1.54) is 5.56 Å². The summed E-state index contributed by atoms with van der Waals surface area (Å²) in [5.41, 5.74) is 1.95. The Morgan fingerprint density at radius 1 is 1.04 bits per heavy atom. The van der Waals surface area contributed by atoms with Gasteiger partial charge in [-0.05, 0) is 17.5 Å². The highest BCUT2D eigenvalue weighted by Gasteiger charge is 2.14. The molecule has 0 radical (unpaired) electrons. The monoisotopic (exact) mass is 335 g/mol. The van der Waals surface area contributed by atoms with Crippen LogP contribution in [0.25, 0.3) is 0 Å². The summed E-state index contributed by atoms with van der Waals surface area (Å²) >= 11 is 0. The van der Waals surface area contributed by atoms with E-state index in [1.54, 1.807) is 16.9 Å². The summed E-state index contributed by atoms with van der Waals surface area (Å²) in [4.78, 5) is 12.2. The van der Waals surface area contributed by atoms with Crippen LogP contribution < -0.4 is 5.32 Å². The van der Waals surface area contributed by atoms with E-state index in [-0.39, 0.29) is 12.3 Å². The molecule has 5 heteroatoms. The highest BCUT2D eigenvalue weighted by Crippen LogP contribution is 2.17. The first-order valence-electron chi connectivity index (χ1n) is 8.31. The molecule has 0 aliphatic rings. The number of aliphatic hydroxyl groups excluding tert-OH is 1. The number of carbonyl (C=O) groups excluding carboxylic acids is 1. The summed E-state index contributed by atoms with van der Waals surface area (Å²) in [5, 5.41) is 17.2. The zero-order chi connectivity index (χ0) is 17.5. The summed E-state index contributed by atoms with van der Waals surface area (Å²) in [5.74, 6) is 0.402. The number of anilines is 1. The molecule has 0 bridgehead atoms. The standard InChI is InChI=1S/C20H21N3O2/c24-18(17-9-5-2-6-10-17)15-20(25)22-19-11-13-21-23(19)14-12-16-7-3-1-4-8-16/h1-11,13,18,24H,12,14-15H2,(H,22,25). The third-order valence-corrected chi connectivity index (χ3v) is 4.00. The first-order chi connectivity index (χ1) is 12.2. The van der Waals surface area contributed by atoms with E-state index in [9.17, 15) is 9.90 Å². The van der Waals surface area contributed by atoms with E-state index < -0.39 is 6.10 Å². The van der Waals surface area contributed by atoms with Crippen molar-refractivity contribution >= 4 is 11.7 Å². The molecule has 1 unspecified atom stereocenters. The highest BCUT2D eigenvalue weighted by atomic mass is 16.3. The fourth-order valence-electron chi connectivity index (χ4n) is 2.66. The van der Waals surface area contributed by atoms with Crippen molar-refractivity contribution < 1.29 is 9.90 Å². The molecular formula is C20H21N3O2. The van der Waals surface area contributed by atoms with Crippen LogP contribution in [-0.2, 0) is 17.8 Å². The van der Waals surface area contributed by atoms with Crippen LogP contribution in [0.2, 0.25) is 0 Å². The molecule has 2 N–H and O–H groups in total. The van der Waals surface area contributed by atoms with E-state index in [0.717, 1.165) is 12.0 Å². The van der Waals surface area contributed by atoms with Gasteiger partial charge >= 0.3 is 0 Å². The predicted molar refractivity (Wildman–Crippen MR) is 97.0 cm³/mol. The second-order valence-corrected chi connectivity index (χ2v) is 5.85. The van der Waals surface area contributed by atoms with Crippen LogP contribution in [0.3, 0.4) is 0 Å². The lowest BCUT2D eigenvalue weighted by Crippen LogP contribution is -2.18. The molecule has 128 valence electrons. The molecule has 0 spiro atoms. The van der Waals surface area contributed by atoms with Crippen LogP contribution in [0.4, 0.5) is 5.82 Å². The average molecular weight is 335 g/mol. The molecule has 1 aromatic heterocycles. The first kappa shape index (κ1) is 16.9. The zero-order valence-electron chi connectivity index (χ0n) is 13.9. The molecule has 0 saturated heterocycles. The summed E-state index contributed by atoms with van der Waals surface area (Å²) in [6.07, 6.45) is 1.68. The quantitative estimate of drug-likeness (QED) is 0.697. The van der Waals surface area contributed by atoms with Crippen molar-refractivity contribution in [2.75, 3.05) is 5.32 Å². The Morgan fingerprint density at radius 2 is 1.72 bits per heavy atom. The van der Waals surface area contributed by atoms with E-state index in [2.05, 4.69) is 22.5 Å². The highest BCUT2D eigenvalue weighted by molar-refractivity contribution is 5.90. The topological polar surface area (TPSA) is 67.2 Å². The molecule has 3 rings (SSSR count). The van der Waals surface area contributed by atoms with E-state index >= 15 is 0 Å². The second kappa shape index (κ2) is 8.26. The molecule has 5 nitrogen and oxygen atoms in total. The van der Waals surface area contributed by atoms with Crippen molar-refractivity contribution in [3.63, 3.8) is 0 Å². The van der Waals surface area contributed by atoms with Crippen LogP contribution >= 0.6 is 0 Å². The van der Waals surface area contributed by atoms with Crippen molar-refractivity contribution in [3.8, 4) is 0 Å². The van der Waals surface area contributed by atoms with Crippen LogP contribution in [0.1, 0.15) is 23.7 Å². The molecule has 0 aliphatic heterocycles. The van der Waals surface area contributed by atoms with Gasteiger partial charge in [-0.15, -0.1) is 0 Å². The number of aliphatic hydroxyl groups is 1. The molecule has 2 aromatic carbocycles. The SMILES string of the molecule is O=C(CC(O)c1ccccc1)Nc1ccnn1CCc1ccccc1. The van der Waals surface area contributed by atoms with Crippen LogP contribution in [0.5, 0.6) is 0 Å². The third kappa shape index (κ3) is 4.78. The van der Waals surface area contributed by atoms with Gasteiger partial charge in [0, 0.05) is 12.6 Å². The zero-order valence-corrected chi connectivity index (χ0v) is 13.9. The van der Waals surface area contributed by atoms with Gasteiger partial charge in [0.1, 0.15) is 5.82 Å². The van der Waals surface area contributed by atoms with Crippen LogP contribution in [-0.4, -0.2) is 20.8 Å². The number of aryl methyl sites for hydroxylation is 2. The minimum absolute atomic E-state index is 0.00782. The van der Waals surface area contributed by atoms with Crippen molar-refractivity contribution in [3.05, 3.63) is 84.1 Å². The van der Waals surface area contributed by atoms with Gasteiger partial charge in [0.15, 0.2) is 0 Å². The maximum Gasteiger partial charge on any atom is 0.228 e. The first-order valence-corrected chi connectivity index (χ1v) is 8.31. The van der Waals surface area contributed by atoms with E-state index in [4.69, 9.17) is 0 Å². The number of aromatic nitrogens is 2. The normalized spacial score (nSPS) is 11.9. The van der Waals surface area contributed by atoms with Crippen molar-refractivity contribution in [1.82, 2.24) is 9.78 Å². The summed E-state index contributed by atoms with van der Waals surface area (Å²) in [6, 6.07) is 21.1. The summed E-state index contributed by atoms with van der Waals surface area (Å²) in [6.45, 7) is 0.674. The van der Waals surface area contributed by atoms with Gasteiger partial charge in [-0.25, -0.2) is 4.68 Å². The fraction of sp³-hybridized carbons (Fsp3) is 0.200. The molecule has 0 saturated carbocycles. The van der Waals surface area contributed by atoms with Gasteiger partial charge in [-0.3, -0.25) is 4.79 Å². The average Bonchev–Trinajstić information content (AvgIpc) is 3.08. The Balaban J connectivity index is 1.56. The molecule has 25 heavy (non-hydrogen) atoms. The Kier molecular flexibility index (Phi) is 5.59. The number of nitrogens with one attached hydrogen (secondary N) is 1. The molecule has 0 fully saturated rings. The predicted octanol–water partition coefficient (Wildman–Crippen LogP) is 3.19. The number of carbonyl (C=O) groups is 1. The van der Waals surface area contributed by atoms with E-state index in [0.29, 0.717) is 12.4 Å². The van der Waals surface area contributed by atoms with Gasteiger partial charge in [-0.2, -0.15) is 5.10 Å². The second-order valence-electron chi connectivity index (χ2n) is 5.85. The molecule has 0 aliphatic carbocycles. The third-order valence-electron chi connectivity index (χ3n) is 4.00. The van der Waals surface area contributed by atoms with Gasteiger partial charge < -0.3 is 10.4 Å². The maximum absolute atomic E-state index is 12.2. The Hall–Kier alpha value is -2.92. The number of hydrogen-bond acceptors (Lipinski definition) is 3.